The standard InChI is InChI=1S/C11H18N4O/c1-8-10(6-13-15(8)2)14-11(16)7-12-5-9-3-4-9/h6,9,12H,3-5,7H2,1-2H3,(H,14,16). The summed E-state index contributed by atoms with van der Waals surface area (Å²) < 4.78 is 1.74. The molecule has 0 aromatic carbocycles. The average Bonchev–Trinajstić information content (AvgIpc) is 3.01. The van der Waals surface area contributed by atoms with E-state index in [9.17, 15) is 4.79 Å². The molecule has 1 fully saturated rings. The Kier molecular flexibility index (Phi) is 3.24. The molecule has 1 aromatic rings. The Bertz CT molecular complexity index is 381. The average molecular weight is 222 g/mol. The Hall–Kier alpha value is -1.36. The number of carbonyl (C=O) groups excluding carboxylic acids is 1. The molecule has 2 rings (SSSR count). The van der Waals surface area contributed by atoms with E-state index in [0.29, 0.717) is 6.54 Å². The van der Waals surface area contributed by atoms with Gasteiger partial charge >= 0.3 is 0 Å². The van der Waals surface area contributed by atoms with E-state index in [1.54, 1.807) is 10.9 Å². The minimum atomic E-state index is -0.00301. The molecule has 0 spiro atoms. The number of nitrogens with one attached hydrogen (secondary N) is 2. The van der Waals surface area contributed by atoms with Crippen LogP contribution in [-0.2, 0) is 11.8 Å². The van der Waals surface area contributed by atoms with Gasteiger partial charge in [-0.25, -0.2) is 0 Å². The number of amides is 1. The fourth-order valence-corrected chi connectivity index (χ4v) is 1.53. The molecule has 0 atom stereocenters. The molecule has 5 nitrogen and oxygen atoms in total. The summed E-state index contributed by atoms with van der Waals surface area (Å²) in [6.07, 6.45) is 4.28. The lowest BCUT2D eigenvalue weighted by Crippen LogP contribution is -2.29. The molecule has 1 aliphatic rings. The van der Waals surface area contributed by atoms with E-state index >= 15 is 0 Å². The first-order valence-corrected chi connectivity index (χ1v) is 5.66. The third kappa shape index (κ3) is 2.82. The highest BCUT2D eigenvalue weighted by Crippen LogP contribution is 2.27. The molecular weight excluding hydrogens is 204 g/mol. The Labute approximate surface area is 95.2 Å². The second-order valence-corrected chi connectivity index (χ2v) is 4.39. The van der Waals surface area contributed by atoms with Crippen molar-refractivity contribution >= 4 is 11.6 Å². The number of hydrogen-bond donors (Lipinski definition) is 2. The van der Waals surface area contributed by atoms with Gasteiger partial charge in [0.1, 0.15) is 0 Å². The smallest absolute Gasteiger partial charge is 0.238 e. The number of rotatable bonds is 5. The zero-order chi connectivity index (χ0) is 11.5. The van der Waals surface area contributed by atoms with Crippen LogP contribution in [0.2, 0.25) is 0 Å². The van der Waals surface area contributed by atoms with E-state index in [1.165, 1.54) is 12.8 Å². The van der Waals surface area contributed by atoms with E-state index in [-0.39, 0.29) is 5.91 Å². The fraction of sp³-hybridized carbons (Fsp3) is 0.636. The van der Waals surface area contributed by atoms with Crippen LogP contribution in [0, 0.1) is 12.8 Å². The van der Waals surface area contributed by atoms with E-state index in [0.717, 1.165) is 23.8 Å². The van der Waals surface area contributed by atoms with Gasteiger partial charge in [0.05, 0.1) is 24.1 Å². The lowest BCUT2D eigenvalue weighted by atomic mass is 10.4. The van der Waals surface area contributed by atoms with Crippen molar-refractivity contribution in [2.45, 2.75) is 19.8 Å². The maximum Gasteiger partial charge on any atom is 0.238 e. The van der Waals surface area contributed by atoms with Gasteiger partial charge < -0.3 is 10.6 Å². The van der Waals surface area contributed by atoms with E-state index < -0.39 is 0 Å². The summed E-state index contributed by atoms with van der Waals surface area (Å²) in [5.74, 6) is 0.796. The van der Waals surface area contributed by atoms with Crippen LogP contribution in [0.3, 0.4) is 0 Å². The summed E-state index contributed by atoms with van der Waals surface area (Å²) in [6.45, 7) is 3.27. The van der Waals surface area contributed by atoms with Crippen LogP contribution in [0.4, 0.5) is 5.69 Å². The monoisotopic (exact) mass is 222 g/mol. The van der Waals surface area contributed by atoms with Crippen molar-refractivity contribution in [3.63, 3.8) is 0 Å². The van der Waals surface area contributed by atoms with Crippen molar-refractivity contribution in [3.05, 3.63) is 11.9 Å². The van der Waals surface area contributed by atoms with Crippen molar-refractivity contribution in [2.24, 2.45) is 13.0 Å². The Morgan fingerprint density at radius 3 is 2.94 bits per heavy atom. The van der Waals surface area contributed by atoms with E-state index in [1.807, 2.05) is 14.0 Å². The quantitative estimate of drug-likeness (QED) is 0.769. The third-order valence-corrected chi connectivity index (χ3v) is 2.92. The number of aromatic nitrogens is 2. The minimum Gasteiger partial charge on any atom is -0.322 e. The molecular formula is C11H18N4O. The lowest BCUT2D eigenvalue weighted by Gasteiger charge is -2.05. The van der Waals surface area contributed by atoms with Gasteiger partial charge in [0.25, 0.3) is 0 Å². The van der Waals surface area contributed by atoms with Crippen LogP contribution in [0.1, 0.15) is 18.5 Å². The molecule has 0 bridgehead atoms. The summed E-state index contributed by atoms with van der Waals surface area (Å²) in [7, 11) is 1.86. The molecule has 1 amide bonds. The van der Waals surface area contributed by atoms with Crippen LogP contribution < -0.4 is 10.6 Å². The topological polar surface area (TPSA) is 59.0 Å². The number of carbonyl (C=O) groups is 1. The van der Waals surface area contributed by atoms with Gasteiger partial charge in [0.15, 0.2) is 0 Å². The van der Waals surface area contributed by atoms with Crippen molar-refractivity contribution in [1.82, 2.24) is 15.1 Å². The second kappa shape index (κ2) is 4.65. The van der Waals surface area contributed by atoms with Crippen LogP contribution in [-0.4, -0.2) is 28.8 Å². The van der Waals surface area contributed by atoms with Gasteiger partial charge in [0.2, 0.25) is 5.91 Å². The molecule has 16 heavy (non-hydrogen) atoms. The molecule has 1 heterocycles. The van der Waals surface area contributed by atoms with Gasteiger partial charge in [0, 0.05) is 7.05 Å². The van der Waals surface area contributed by atoms with Crippen molar-refractivity contribution in [3.8, 4) is 0 Å². The number of nitrogens with zero attached hydrogens (tertiary/aromatic N) is 2. The predicted molar refractivity (Wildman–Crippen MR) is 62.2 cm³/mol. The summed E-state index contributed by atoms with van der Waals surface area (Å²) in [5, 5.41) is 10.1. The van der Waals surface area contributed by atoms with E-state index in [2.05, 4.69) is 15.7 Å². The van der Waals surface area contributed by atoms with Gasteiger partial charge in [-0.05, 0) is 32.2 Å². The Balaban J connectivity index is 1.75. The van der Waals surface area contributed by atoms with Crippen LogP contribution in [0.5, 0.6) is 0 Å². The second-order valence-electron chi connectivity index (χ2n) is 4.39. The van der Waals surface area contributed by atoms with Crippen molar-refractivity contribution < 1.29 is 4.79 Å². The molecule has 0 radical (unpaired) electrons. The molecule has 88 valence electrons. The summed E-state index contributed by atoms with van der Waals surface area (Å²) in [5.41, 5.74) is 1.76. The molecule has 0 saturated heterocycles. The maximum atomic E-state index is 11.6. The number of anilines is 1. The highest BCUT2D eigenvalue weighted by atomic mass is 16.1. The van der Waals surface area contributed by atoms with Gasteiger partial charge in [-0.2, -0.15) is 5.10 Å². The maximum absolute atomic E-state index is 11.6. The van der Waals surface area contributed by atoms with Crippen LogP contribution in [0.15, 0.2) is 6.20 Å². The number of hydrogen-bond acceptors (Lipinski definition) is 3. The van der Waals surface area contributed by atoms with Gasteiger partial charge in [-0.15, -0.1) is 0 Å². The number of aryl methyl sites for hydroxylation is 1. The first-order chi connectivity index (χ1) is 7.66. The lowest BCUT2D eigenvalue weighted by molar-refractivity contribution is -0.115. The minimum absolute atomic E-state index is 0.00301. The molecule has 5 heteroatoms. The third-order valence-electron chi connectivity index (χ3n) is 2.92. The summed E-state index contributed by atoms with van der Waals surface area (Å²) in [6, 6.07) is 0. The zero-order valence-electron chi connectivity index (χ0n) is 9.79. The Morgan fingerprint density at radius 1 is 1.62 bits per heavy atom. The Morgan fingerprint density at radius 2 is 2.38 bits per heavy atom. The van der Waals surface area contributed by atoms with E-state index in [4.69, 9.17) is 0 Å². The normalized spacial score (nSPS) is 15.1. The molecule has 0 aliphatic heterocycles. The van der Waals surface area contributed by atoms with Crippen LogP contribution >= 0.6 is 0 Å². The zero-order valence-corrected chi connectivity index (χ0v) is 9.79. The predicted octanol–water partition coefficient (Wildman–Crippen LogP) is 0.667. The van der Waals surface area contributed by atoms with Gasteiger partial charge in [-0.1, -0.05) is 0 Å². The molecule has 1 aliphatic carbocycles. The molecule has 0 unspecified atom stereocenters. The highest BCUT2D eigenvalue weighted by molar-refractivity contribution is 5.92. The molecule has 2 N–H and O–H groups in total. The SMILES string of the molecule is Cc1c(NC(=O)CNCC2CC2)cnn1C. The largest absolute Gasteiger partial charge is 0.322 e. The first-order valence-electron chi connectivity index (χ1n) is 5.66. The summed E-state index contributed by atoms with van der Waals surface area (Å²) >= 11 is 0. The van der Waals surface area contributed by atoms with Gasteiger partial charge in [-0.3, -0.25) is 9.48 Å². The first kappa shape index (κ1) is 11.1. The fourth-order valence-electron chi connectivity index (χ4n) is 1.53. The molecule has 1 saturated carbocycles. The highest BCUT2D eigenvalue weighted by Gasteiger charge is 2.20. The van der Waals surface area contributed by atoms with Crippen molar-refractivity contribution in [2.75, 3.05) is 18.4 Å². The van der Waals surface area contributed by atoms with Crippen LogP contribution in [0.25, 0.3) is 0 Å². The molecule has 1 aromatic heterocycles. The van der Waals surface area contributed by atoms with Crippen molar-refractivity contribution in [1.29, 1.82) is 0 Å². The summed E-state index contributed by atoms with van der Waals surface area (Å²) in [4.78, 5) is 11.6.